The van der Waals surface area contributed by atoms with Gasteiger partial charge in [0.15, 0.2) is 0 Å². The second kappa shape index (κ2) is 5.53. The monoisotopic (exact) mass is 315 g/mol. The minimum atomic E-state index is 0.631. The van der Waals surface area contributed by atoms with Crippen molar-refractivity contribution >= 4 is 21.8 Å². The van der Waals surface area contributed by atoms with Crippen LogP contribution in [-0.4, -0.2) is 28.0 Å². The molecule has 0 unspecified atom stereocenters. The van der Waals surface area contributed by atoms with Crippen LogP contribution < -0.4 is 0 Å². The molecule has 0 saturated carbocycles. The molecule has 3 heteroatoms. The van der Waals surface area contributed by atoms with Crippen LogP contribution in [0.25, 0.3) is 21.8 Å². The van der Waals surface area contributed by atoms with Gasteiger partial charge in [0.05, 0.1) is 0 Å². The Morgan fingerprint density at radius 3 is 2.46 bits per heavy atom. The number of likely N-dealkylation sites (tertiary alicyclic amines) is 1. The van der Waals surface area contributed by atoms with Gasteiger partial charge in [-0.05, 0) is 42.1 Å². The van der Waals surface area contributed by atoms with E-state index in [0.29, 0.717) is 5.92 Å². The maximum Gasteiger partial charge on any atom is 0.0457 e. The second-order valence-corrected chi connectivity index (χ2v) is 6.87. The number of para-hydroxylation sites is 2. The van der Waals surface area contributed by atoms with Crippen molar-refractivity contribution in [3.8, 4) is 0 Å². The highest BCUT2D eigenvalue weighted by Crippen LogP contribution is 2.33. The highest BCUT2D eigenvalue weighted by atomic mass is 15.1. The maximum absolute atomic E-state index is 3.43. The summed E-state index contributed by atoms with van der Waals surface area (Å²) >= 11 is 0. The third-order valence-electron chi connectivity index (χ3n) is 5.40. The average Bonchev–Trinajstić information content (AvgIpc) is 3.34. The van der Waals surface area contributed by atoms with E-state index in [2.05, 4.69) is 75.8 Å². The van der Waals surface area contributed by atoms with Crippen LogP contribution in [0.4, 0.5) is 0 Å². The molecule has 0 spiro atoms. The van der Waals surface area contributed by atoms with E-state index in [1.54, 1.807) is 0 Å². The number of hydrogen-bond donors (Lipinski definition) is 2. The lowest BCUT2D eigenvalue weighted by Crippen LogP contribution is -2.19. The van der Waals surface area contributed by atoms with Gasteiger partial charge in [-0.15, -0.1) is 0 Å². The predicted octanol–water partition coefficient (Wildman–Crippen LogP) is 4.64. The Hall–Kier alpha value is -2.52. The van der Waals surface area contributed by atoms with Crippen LogP contribution >= 0.6 is 0 Å². The number of nitrogens with one attached hydrogen (secondary N) is 2. The largest absolute Gasteiger partial charge is 0.361 e. The zero-order chi connectivity index (χ0) is 15.9. The van der Waals surface area contributed by atoms with Crippen molar-refractivity contribution in [3.63, 3.8) is 0 Å². The van der Waals surface area contributed by atoms with Crippen molar-refractivity contribution < 1.29 is 0 Å². The number of H-pyrrole nitrogens is 2. The fourth-order valence-corrected chi connectivity index (χ4v) is 4.17. The summed E-state index contributed by atoms with van der Waals surface area (Å²) in [5.41, 5.74) is 5.37. The summed E-state index contributed by atoms with van der Waals surface area (Å²) in [4.78, 5) is 9.40. The first-order valence-electron chi connectivity index (χ1n) is 8.72. The molecular weight excluding hydrogens is 294 g/mol. The van der Waals surface area contributed by atoms with Gasteiger partial charge in [-0.3, -0.25) is 4.90 Å². The fourth-order valence-electron chi connectivity index (χ4n) is 4.17. The molecule has 24 heavy (non-hydrogen) atoms. The van der Waals surface area contributed by atoms with Crippen LogP contribution in [0.3, 0.4) is 0 Å². The minimum absolute atomic E-state index is 0.631. The molecule has 0 bridgehead atoms. The third kappa shape index (κ3) is 2.24. The molecule has 2 aromatic carbocycles. The maximum atomic E-state index is 3.43. The number of benzene rings is 2. The standard InChI is InChI=1S/C21H21N3/c1-3-7-20-17(5-1)16(11-22-20)14-24-10-9-15(13-24)19-12-23-21-8-4-2-6-18(19)21/h1-8,11-12,15,22-23H,9-10,13-14H2/t15-/m0/s1. The lowest BCUT2D eigenvalue weighted by atomic mass is 9.98. The number of fused-ring (bicyclic) bond motifs is 2. The molecule has 0 radical (unpaired) electrons. The number of hydrogen-bond acceptors (Lipinski definition) is 1. The molecule has 4 aromatic rings. The van der Waals surface area contributed by atoms with Crippen LogP contribution in [0.5, 0.6) is 0 Å². The van der Waals surface area contributed by atoms with Gasteiger partial charge in [0, 0.05) is 47.3 Å². The molecule has 1 atom stereocenters. The van der Waals surface area contributed by atoms with E-state index < -0.39 is 0 Å². The molecule has 0 amide bonds. The Bertz CT molecular complexity index is 994. The number of aromatic nitrogens is 2. The molecule has 120 valence electrons. The topological polar surface area (TPSA) is 34.8 Å². The smallest absolute Gasteiger partial charge is 0.0457 e. The van der Waals surface area contributed by atoms with Gasteiger partial charge in [0.25, 0.3) is 0 Å². The highest BCUT2D eigenvalue weighted by Gasteiger charge is 2.26. The minimum Gasteiger partial charge on any atom is -0.361 e. The highest BCUT2D eigenvalue weighted by molar-refractivity contribution is 5.84. The van der Waals surface area contributed by atoms with Gasteiger partial charge in [-0.25, -0.2) is 0 Å². The van der Waals surface area contributed by atoms with Crippen LogP contribution in [-0.2, 0) is 6.54 Å². The van der Waals surface area contributed by atoms with Gasteiger partial charge < -0.3 is 9.97 Å². The summed E-state index contributed by atoms with van der Waals surface area (Å²) in [6.45, 7) is 3.34. The van der Waals surface area contributed by atoms with Crippen LogP contribution in [0.2, 0.25) is 0 Å². The van der Waals surface area contributed by atoms with Crippen molar-refractivity contribution in [2.45, 2.75) is 18.9 Å². The molecule has 2 aromatic heterocycles. The molecule has 0 aliphatic carbocycles. The Morgan fingerprint density at radius 1 is 0.875 bits per heavy atom. The molecule has 1 aliphatic heterocycles. The zero-order valence-corrected chi connectivity index (χ0v) is 13.6. The van der Waals surface area contributed by atoms with E-state index in [1.807, 2.05) is 0 Å². The molecule has 1 aliphatic rings. The molecule has 1 saturated heterocycles. The number of aromatic amines is 2. The van der Waals surface area contributed by atoms with Gasteiger partial charge >= 0.3 is 0 Å². The first-order valence-corrected chi connectivity index (χ1v) is 8.72. The Morgan fingerprint density at radius 2 is 1.58 bits per heavy atom. The Labute approximate surface area is 141 Å². The summed E-state index contributed by atoms with van der Waals surface area (Å²) in [7, 11) is 0. The van der Waals surface area contributed by atoms with Crippen LogP contribution in [0, 0.1) is 0 Å². The van der Waals surface area contributed by atoms with E-state index in [1.165, 1.54) is 45.9 Å². The first kappa shape index (κ1) is 13.9. The molecule has 1 fully saturated rings. The van der Waals surface area contributed by atoms with Crippen molar-refractivity contribution in [2.24, 2.45) is 0 Å². The SMILES string of the molecule is c1ccc2c(CN3CC[C@H](c4c[nH]c5ccccc45)C3)c[nH]c2c1. The normalized spacial score (nSPS) is 18.8. The van der Waals surface area contributed by atoms with Gasteiger partial charge in [0.1, 0.15) is 0 Å². The van der Waals surface area contributed by atoms with E-state index >= 15 is 0 Å². The summed E-state index contributed by atoms with van der Waals surface area (Å²) in [5.74, 6) is 0.631. The first-order chi connectivity index (χ1) is 11.9. The molecule has 5 rings (SSSR count). The van der Waals surface area contributed by atoms with Gasteiger partial charge in [0.2, 0.25) is 0 Å². The molecule has 3 nitrogen and oxygen atoms in total. The van der Waals surface area contributed by atoms with Crippen molar-refractivity contribution in [1.82, 2.24) is 14.9 Å². The van der Waals surface area contributed by atoms with E-state index in [4.69, 9.17) is 0 Å². The number of nitrogens with zero attached hydrogens (tertiary/aromatic N) is 1. The molecule has 3 heterocycles. The van der Waals surface area contributed by atoms with Crippen molar-refractivity contribution in [3.05, 3.63) is 72.1 Å². The summed E-state index contributed by atoms with van der Waals surface area (Å²) in [6.07, 6.45) is 5.62. The van der Waals surface area contributed by atoms with Crippen LogP contribution in [0.15, 0.2) is 60.9 Å². The van der Waals surface area contributed by atoms with Crippen molar-refractivity contribution in [2.75, 3.05) is 13.1 Å². The average molecular weight is 315 g/mol. The van der Waals surface area contributed by atoms with Gasteiger partial charge in [-0.1, -0.05) is 36.4 Å². The van der Waals surface area contributed by atoms with Gasteiger partial charge in [-0.2, -0.15) is 0 Å². The summed E-state index contributed by atoms with van der Waals surface area (Å²) < 4.78 is 0. The summed E-state index contributed by atoms with van der Waals surface area (Å²) in [6, 6.07) is 17.2. The Kier molecular flexibility index (Phi) is 3.20. The lowest BCUT2D eigenvalue weighted by molar-refractivity contribution is 0.328. The fraction of sp³-hybridized carbons (Fsp3) is 0.238. The van der Waals surface area contributed by atoms with E-state index in [0.717, 1.165) is 13.1 Å². The Balaban J connectivity index is 1.37. The second-order valence-electron chi connectivity index (χ2n) is 6.87. The van der Waals surface area contributed by atoms with Crippen molar-refractivity contribution in [1.29, 1.82) is 0 Å². The number of rotatable bonds is 3. The lowest BCUT2D eigenvalue weighted by Gasteiger charge is -2.15. The third-order valence-corrected chi connectivity index (χ3v) is 5.40. The summed E-state index contributed by atoms with van der Waals surface area (Å²) in [5, 5.41) is 2.74. The van der Waals surface area contributed by atoms with E-state index in [-0.39, 0.29) is 0 Å². The molecular formula is C21H21N3. The zero-order valence-electron chi connectivity index (χ0n) is 13.6. The predicted molar refractivity (Wildman–Crippen MR) is 99.2 cm³/mol. The van der Waals surface area contributed by atoms with Crippen LogP contribution in [0.1, 0.15) is 23.5 Å². The van der Waals surface area contributed by atoms with E-state index in [9.17, 15) is 0 Å². The molecule has 2 N–H and O–H groups in total. The quantitative estimate of drug-likeness (QED) is 0.567.